The van der Waals surface area contributed by atoms with E-state index in [1.54, 1.807) is 0 Å². The van der Waals surface area contributed by atoms with E-state index in [4.69, 9.17) is 4.42 Å². The number of hydrogen-bond acceptors (Lipinski definition) is 4. The second kappa shape index (κ2) is 6.06. The normalized spacial score (nSPS) is 19.0. The Bertz CT molecular complexity index is 599. The fraction of sp³-hybridized carbons (Fsp3) is 0.588. The van der Waals surface area contributed by atoms with Crippen molar-refractivity contribution in [1.29, 1.82) is 0 Å². The number of nitrogens with zero attached hydrogens (tertiary/aromatic N) is 2. The molecule has 1 N–H and O–H groups in total. The first-order valence-corrected chi connectivity index (χ1v) is 8.00. The predicted molar refractivity (Wildman–Crippen MR) is 86.7 cm³/mol. The van der Waals surface area contributed by atoms with Crippen molar-refractivity contribution in [2.45, 2.75) is 39.2 Å². The first kappa shape index (κ1) is 14.4. The third-order valence-corrected chi connectivity index (χ3v) is 4.60. The molecular formula is C17H25N3O. The van der Waals surface area contributed by atoms with Crippen LogP contribution < -0.4 is 5.32 Å². The maximum Gasteiger partial charge on any atom is 0.195 e. The van der Waals surface area contributed by atoms with Gasteiger partial charge in [0.25, 0.3) is 0 Å². The molecule has 1 aliphatic rings. The van der Waals surface area contributed by atoms with Crippen LogP contribution in [0, 0.1) is 5.92 Å². The van der Waals surface area contributed by atoms with Gasteiger partial charge in [0.1, 0.15) is 5.52 Å². The van der Waals surface area contributed by atoms with Gasteiger partial charge in [-0.15, -0.1) is 0 Å². The summed E-state index contributed by atoms with van der Waals surface area (Å²) in [5, 5.41) is 3.65. The maximum atomic E-state index is 5.66. The van der Waals surface area contributed by atoms with Crippen LogP contribution in [0.3, 0.4) is 0 Å². The minimum atomic E-state index is 0.494. The zero-order chi connectivity index (χ0) is 14.8. The third-order valence-electron chi connectivity index (χ3n) is 4.60. The molecule has 2 heterocycles. The number of nitrogens with one attached hydrogen (secondary N) is 1. The summed E-state index contributed by atoms with van der Waals surface area (Å²) in [4.78, 5) is 6.92. The highest BCUT2D eigenvalue weighted by Gasteiger charge is 2.22. The molecule has 1 atom stereocenters. The molecule has 1 aromatic heterocycles. The molecule has 0 amide bonds. The number of piperidine rings is 1. The van der Waals surface area contributed by atoms with Gasteiger partial charge < -0.3 is 14.6 Å². The summed E-state index contributed by atoms with van der Waals surface area (Å²) in [5.74, 6) is 1.56. The van der Waals surface area contributed by atoms with Crippen molar-refractivity contribution < 1.29 is 4.42 Å². The van der Waals surface area contributed by atoms with E-state index in [9.17, 15) is 0 Å². The van der Waals surface area contributed by atoms with Gasteiger partial charge in [-0.1, -0.05) is 6.92 Å². The molecule has 0 spiro atoms. The van der Waals surface area contributed by atoms with Gasteiger partial charge in [-0.2, -0.15) is 0 Å². The third kappa shape index (κ3) is 3.21. The number of aryl methyl sites for hydroxylation is 1. The van der Waals surface area contributed by atoms with Crippen LogP contribution in [0.15, 0.2) is 22.6 Å². The molecule has 1 aliphatic heterocycles. The van der Waals surface area contributed by atoms with Crippen LogP contribution >= 0.6 is 0 Å². The molecule has 3 rings (SSSR count). The Balaban J connectivity index is 1.69. The van der Waals surface area contributed by atoms with E-state index >= 15 is 0 Å². The number of rotatable bonds is 4. The molecule has 0 bridgehead atoms. The molecule has 114 valence electrons. The molecule has 0 saturated carbocycles. The zero-order valence-electron chi connectivity index (χ0n) is 13.2. The number of likely N-dealkylation sites (tertiary alicyclic amines) is 1. The first-order valence-electron chi connectivity index (χ1n) is 8.00. The Kier molecular flexibility index (Phi) is 4.15. The van der Waals surface area contributed by atoms with E-state index in [2.05, 4.69) is 48.2 Å². The lowest BCUT2D eigenvalue weighted by Gasteiger charge is -2.33. The van der Waals surface area contributed by atoms with Gasteiger partial charge in [-0.25, -0.2) is 4.98 Å². The van der Waals surface area contributed by atoms with Crippen molar-refractivity contribution in [3.05, 3.63) is 24.1 Å². The minimum Gasteiger partial charge on any atom is -0.441 e. The summed E-state index contributed by atoms with van der Waals surface area (Å²) in [6, 6.07) is 6.71. The van der Waals surface area contributed by atoms with Crippen LogP contribution in [0.1, 0.15) is 32.6 Å². The van der Waals surface area contributed by atoms with Crippen LogP contribution in [0.2, 0.25) is 0 Å². The van der Waals surface area contributed by atoms with Crippen molar-refractivity contribution in [3.63, 3.8) is 0 Å². The monoisotopic (exact) mass is 287 g/mol. The molecule has 21 heavy (non-hydrogen) atoms. The highest BCUT2D eigenvalue weighted by molar-refractivity contribution is 5.77. The van der Waals surface area contributed by atoms with Crippen LogP contribution in [-0.4, -0.2) is 36.1 Å². The summed E-state index contributed by atoms with van der Waals surface area (Å²) >= 11 is 0. The number of benzene rings is 1. The molecule has 4 nitrogen and oxygen atoms in total. The Morgan fingerprint density at radius 3 is 2.86 bits per heavy atom. The average molecular weight is 287 g/mol. The summed E-state index contributed by atoms with van der Waals surface area (Å²) < 4.78 is 5.66. The van der Waals surface area contributed by atoms with Gasteiger partial charge in [0.2, 0.25) is 0 Å². The molecule has 0 aliphatic carbocycles. The molecule has 2 aromatic rings. The highest BCUT2D eigenvalue weighted by atomic mass is 16.3. The first-order chi connectivity index (χ1) is 10.2. The smallest absolute Gasteiger partial charge is 0.195 e. The van der Waals surface area contributed by atoms with Crippen molar-refractivity contribution in [1.82, 2.24) is 9.88 Å². The summed E-state index contributed by atoms with van der Waals surface area (Å²) in [5.41, 5.74) is 2.97. The topological polar surface area (TPSA) is 41.3 Å². The van der Waals surface area contributed by atoms with Crippen LogP contribution in [0.5, 0.6) is 0 Å². The lowest BCUT2D eigenvalue weighted by Crippen LogP contribution is -2.37. The van der Waals surface area contributed by atoms with Crippen LogP contribution in [-0.2, 0) is 6.42 Å². The lowest BCUT2D eigenvalue weighted by molar-refractivity contribution is 0.208. The molecule has 1 fully saturated rings. The quantitative estimate of drug-likeness (QED) is 0.934. The Hall–Kier alpha value is -1.55. The van der Waals surface area contributed by atoms with Gasteiger partial charge in [-0.05, 0) is 64.0 Å². The standard InChI is InChI=1S/C17H25N3O/c1-4-17-19-15-11-14(5-6-16(15)21-17)18-12(2)13-7-9-20(3)10-8-13/h5-6,11-13,18H,4,7-10H2,1-3H3. The van der Waals surface area contributed by atoms with Crippen LogP contribution in [0.25, 0.3) is 11.1 Å². The van der Waals surface area contributed by atoms with E-state index in [1.165, 1.54) is 25.9 Å². The van der Waals surface area contributed by atoms with E-state index in [-0.39, 0.29) is 0 Å². The summed E-state index contributed by atoms with van der Waals surface area (Å²) in [6.07, 6.45) is 3.39. The van der Waals surface area contributed by atoms with Gasteiger partial charge in [0.15, 0.2) is 11.5 Å². The predicted octanol–water partition coefficient (Wildman–Crippen LogP) is 3.53. The second-order valence-electron chi connectivity index (χ2n) is 6.22. The molecule has 0 radical (unpaired) electrons. The molecule has 1 saturated heterocycles. The molecule has 4 heteroatoms. The molecular weight excluding hydrogens is 262 g/mol. The largest absolute Gasteiger partial charge is 0.441 e. The van der Waals surface area contributed by atoms with Crippen molar-refractivity contribution >= 4 is 16.8 Å². The number of oxazole rings is 1. The molecule has 1 unspecified atom stereocenters. The van der Waals surface area contributed by atoms with E-state index in [0.29, 0.717) is 6.04 Å². The summed E-state index contributed by atoms with van der Waals surface area (Å²) in [6.45, 7) is 6.77. The van der Waals surface area contributed by atoms with Gasteiger partial charge >= 0.3 is 0 Å². The highest BCUT2D eigenvalue weighted by Crippen LogP contribution is 2.25. The van der Waals surface area contributed by atoms with Gasteiger partial charge in [0.05, 0.1) is 0 Å². The second-order valence-corrected chi connectivity index (χ2v) is 6.22. The summed E-state index contributed by atoms with van der Waals surface area (Å²) in [7, 11) is 2.21. The SMILES string of the molecule is CCc1nc2cc(NC(C)C3CCN(C)CC3)ccc2o1. The fourth-order valence-corrected chi connectivity index (χ4v) is 3.13. The number of hydrogen-bond donors (Lipinski definition) is 1. The fourth-order valence-electron chi connectivity index (χ4n) is 3.13. The van der Waals surface area contributed by atoms with Crippen molar-refractivity contribution in [2.75, 3.05) is 25.5 Å². The van der Waals surface area contributed by atoms with Crippen molar-refractivity contribution in [2.24, 2.45) is 5.92 Å². The number of aromatic nitrogens is 1. The van der Waals surface area contributed by atoms with E-state index < -0.39 is 0 Å². The van der Waals surface area contributed by atoms with Gasteiger partial charge in [0, 0.05) is 18.2 Å². The number of anilines is 1. The Morgan fingerprint density at radius 1 is 1.38 bits per heavy atom. The average Bonchev–Trinajstić information content (AvgIpc) is 2.90. The Morgan fingerprint density at radius 2 is 2.14 bits per heavy atom. The molecule has 1 aromatic carbocycles. The number of fused-ring (bicyclic) bond motifs is 1. The Labute approximate surface area is 126 Å². The maximum absolute atomic E-state index is 5.66. The minimum absolute atomic E-state index is 0.494. The van der Waals surface area contributed by atoms with Crippen molar-refractivity contribution in [3.8, 4) is 0 Å². The van der Waals surface area contributed by atoms with Gasteiger partial charge in [-0.3, -0.25) is 0 Å². The van der Waals surface area contributed by atoms with Crippen LogP contribution in [0.4, 0.5) is 5.69 Å². The van der Waals surface area contributed by atoms with E-state index in [1.807, 2.05) is 6.07 Å². The van der Waals surface area contributed by atoms with E-state index in [0.717, 1.165) is 35.0 Å². The lowest BCUT2D eigenvalue weighted by atomic mass is 9.90. The zero-order valence-corrected chi connectivity index (χ0v) is 13.2.